The van der Waals surface area contributed by atoms with Crippen LogP contribution >= 0.6 is 0 Å². The molecule has 2 aromatic heterocycles. The lowest BCUT2D eigenvalue weighted by Crippen LogP contribution is -2.32. The summed E-state index contributed by atoms with van der Waals surface area (Å²) in [5.41, 5.74) is 6.80. The van der Waals surface area contributed by atoms with E-state index in [4.69, 9.17) is 9.47 Å². The summed E-state index contributed by atoms with van der Waals surface area (Å²) in [6.07, 6.45) is 2.87. The first-order chi connectivity index (χ1) is 21.1. The van der Waals surface area contributed by atoms with Crippen LogP contribution in [-0.2, 0) is 22.6 Å². The number of benzene rings is 4. The lowest BCUT2D eigenvalue weighted by Gasteiger charge is -2.36. The molecule has 214 valence electrons. The van der Waals surface area contributed by atoms with Gasteiger partial charge in [-0.25, -0.2) is 9.97 Å². The summed E-state index contributed by atoms with van der Waals surface area (Å²) >= 11 is 0. The fourth-order valence-electron chi connectivity index (χ4n) is 5.43. The molecule has 1 amide bonds. The van der Waals surface area contributed by atoms with Crippen molar-refractivity contribution >= 4 is 33.7 Å². The number of para-hydroxylation sites is 4. The van der Waals surface area contributed by atoms with Crippen LogP contribution in [0, 0.1) is 0 Å². The van der Waals surface area contributed by atoms with Crippen molar-refractivity contribution in [1.82, 2.24) is 19.5 Å². The predicted octanol–water partition coefficient (Wildman–Crippen LogP) is 5.97. The van der Waals surface area contributed by atoms with Crippen LogP contribution in [0.25, 0.3) is 22.1 Å². The van der Waals surface area contributed by atoms with E-state index in [0.29, 0.717) is 24.2 Å². The zero-order valence-electron chi connectivity index (χ0n) is 23.2. The zero-order chi connectivity index (χ0) is 29.2. The summed E-state index contributed by atoms with van der Waals surface area (Å²) in [6, 6.07) is 30.7. The molecule has 9 heteroatoms. The summed E-state index contributed by atoms with van der Waals surface area (Å²) in [4.78, 5) is 26.4. The summed E-state index contributed by atoms with van der Waals surface area (Å²) < 4.78 is 15.2. The number of ether oxygens (including phenoxy) is 2. The number of nitrogens with zero attached hydrogens (tertiary/aromatic N) is 4. The van der Waals surface area contributed by atoms with Gasteiger partial charge in [0, 0.05) is 17.7 Å². The van der Waals surface area contributed by atoms with Crippen LogP contribution in [0.3, 0.4) is 0 Å². The van der Waals surface area contributed by atoms with Crippen LogP contribution in [0.2, 0.25) is 0 Å². The molecule has 43 heavy (non-hydrogen) atoms. The Hall–Kier alpha value is -4.96. The first-order valence-electron chi connectivity index (χ1n) is 14.2. The molecule has 1 saturated heterocycles. The SMILES string of the molecule is O=C(Nc1cccc(C2OC(Cn3cnc4ccccc43)CC(c3ccc(CO)cc3)O2)c1)c1cnc2ccccc2n1. The van der Waals surface area contributed by atoms with Gasteiger partial charge in [0.2, 0.25) is 0 Å². The molecular weight excluding hydrogens is 542 g/mol. The number of aromatic nitrogens is 4. The average molecular weight is 572 g/mol. The summed E-state index contributed by atoms with van der Waals surface area (Å²) in [5, 5.41) is 12.4. The highest BCUT2D eigenvalue weighted by atomic mass is 16.7. The molecule has 7 rings (SSSR count). The normalized spacial score (nSPS) is 18.6. The van der Waals surface area contributed by atoms with E-state index in [1.54, 1.807) is 0 Å². The average Bonchev–Trinajstić information content (AvgIpc) is 3.47. The summed E-state index contributed by atoms with van der Waals surface area (Å²) in [5.74, 6) is -0.354. The van der Waals surface area contributed by atoms with E-state index in [-0.39, 0.29) is 30.4 Å². The molecule has 1 aliphatic heterocycles. The number of hydrogen-bond donors (Lipinski definition) is 2. The van der Waals surface area contributed by atoms with Gasteiger partial charge in [0.05, 0.1) is 60.0 Å². The zero-order valence-corrected chi connectivity index (χ0v) is 23.2. The molecule has 3 unspecified atom stereocenters. The number of amides is 1. The number of anilines is 1. The van der Waals surface area contributed by atoms with E-state index in [0.717, 1.165) is 33.2 Å². The van der Waals surface area contributed by atoms with Gasteiger partial charge in [-0.05, 0) is 47.5 Å². The minimum Gasteiger partial charge on any atom is -0.392 e. The van der Waals surface area contributed by atoms with Gasteiger partial charge in [-0.15, -0.1) is 0 Å². The molecule has 0 radical (unpaired) electrons. The van der Waals surface area contributed by atoms with Crippen molar-refractivity contribution in [2.75, 3.05) is 5.32 Å². The summed E-state index contributed by atoms with van der Waals surface area (Å²) in [7, 11) is 0. The molecule has 0 spiro atoms. The van der Waals surface area contributed by atoms with Gasteiger partial charge in [0.1, 0.15) is 5.69 Å². The molecule has 3 heterocycles. The molecule has 1 aliphatic rings. The molecule has 0 bridgehead atoms. The number of hydrogen-bond acceptors (Lipinski definition) is 7. The third kappa shape index (κ3) is 5.74. The fraction of sp³-hybridized carbons (Fsp3) is 0.176. The van der Waals surface area contributed by atoms with E-state index >= 15 is 0 Å². The maximum atomic E-state index is 13.1. The van der Waals surface area contributed by atoms with Crippen molar-refractivity contribution in [2.45, 2.75) is 38.1 Å². The Labute approximate surface area is 247 Å². The lowest BCUT2D eigenvalue weighted by atomic mass is 10.00. The van der Waals surface area contributed by atoms with Crippen molar-refractivity contribution in [2.24, 2.45) is 0 Å². The van der Waals surface area contributed by atoms with Crippen molar-refractivity contribution in [1.29, 1.82) is 0 Å². The van der Waals surface area contributed by atoms with Crippen molar-refractivity contribution in [3.63, 3.8) is 0 Å². The van der Waals surface area contributed by atoms with Crippen molar-refractivity contribution in [3.8, 4) is 0 Å². The van der Waals surface area contributed by atoms with E-state index < -0.39 is 6.29 Å². The third-order valence-corrected chi connectivity index (χ3v) is 7.64. The molecule has 4 aromatic carbocycles. The second kappa shape index (κ2) is 11.7. The van der Waals surface area contributed by atoms with Crippen LogP contribution in [0.4, 0.5) is 5.69 Å². The number of nitrogens with one attached hydrogen (secondary N) is 1. The minimum atomic E-state index is -0.673. The van der Waals surface area contributed by atoms with Crippen LogP contribution in [0.5, 0.6) is 0 Å². The molecule has 6 aromatic rings. The number of carbonyl (C=O) groups excluding carboxylic acids is 1. The Bertz CT molecular complexity index is 1910. The Balaban J connectivity index is 1.14. The van der Waals surface area contributed by atoms with Gasteiger partial charge < -0.3 is 24.5 Å². The van der Waals surface area contributed by atoms with Gasteiger partial charge in [-0.1, -0.05) is 60.7 Å². The Morgan fingerprint density at radius 3 is 2.49 bits per heavy atom. The number of imidazole rings is 1. The molecule has 0 saturated carbocycles. The minimum absolute atomic E-state index is 0.0167. The predicted molar refractivity (Wildman–Crippen MR) is 162 cm³/mol. The molecule has 2 N–H and O–H groups in total. The number of rotatable bonds is 7. The van der Waals surface area contributed by atoms with Crippen molar-refractivity contribution < 1.29 is 19.4 Å². The number of fused-ring (bicyclic) bond motifs is 2. The molecule has 0 aliphatic carbocycles. The standard InChI is InChI=1S/C34H29N5O4/c40-20-22-12-14-23(15-13-22)32-17-26(19-39-21-36-29-10-3-4-11-31(29)39)42-34(43-32)24-6-5-7-25(16-24)37-33(41)30-18-35-27-8-1-2-9-28(27)38-30/h1-16,18,21,26,32,34,40H,17,19-20H2,(H,37,41). The number of carbonyl (C=O) groups is 1. The Kier molecular flexibility index (Phi) is 7.34. The van der Waals surface area contributed by atoms with Crippen LogP contribution in [0.15, 0.2) is 110 Å². The Morgan fingerprint density at radius 1 is 0.860 bits per heavy atom. The number of aliphatic hydroxyl groups is 1. The van der Waals surface area contributed by atoms with Crippen LogP contribution < -0.4 is 5.32 Å². The second-order valence-electron chi connectivity index (χ2n) is 10.6. The van der Waals surface area contributed by atoms with Crippen LogP contribution in [0.1, 0.15) is 46.0 Å². The fourth-order valence-corrected chi connectivity index (χ4v) is 5.43. The van der Waals surface area contributed by atoms with Gasteiger partial charge in [0.25, 0.3) is 5.91 Å². The first kappa shape index (κ1) is 26.9. The number of aliphatic hydroxyl groups excluding tert-OH is 1. The molecule has 1 fully saturated rings. The largest absolute Gasteiger partial charge is 0.392 e. The maximum absolute atomic E-state index is 13.1. The smallest absolute Gasteiger partial charge is 0.275 e. The van der Waals surface area contributed by atoms with Gasteiger partial charge in [-0.2, -0.15) is 0 Å². The Morgan fingerprint density at radius 2 is 1.65 bits per heavy atom. The summed E-state index contributed by atoms with van der Waals surface area (Å²) in [6.45, 7) is 0.583. The second-order valence-corrected chi connectivity index (χ2v) is 10.6. The van der Waals surface area contributed by atoms with Gasteiger partial charge in [0.15, 0.2) is 6.29 Å². The topological polar surface area (TPSA) is 111 Å². The first-order valence-corrected chi connectivity index (χ1v) is 14.2. The van der Waals surface area contributed by atoms with E-state index in [2.05, 4.69) is 30.9 Å². The third-order valence-electron chi connectivity index (χ3n) is 7.64. The van der Waals surface area contributed by atoms with Crippen LogP contribution in [-0.4, -0.2) is 36.6 Å². The highest BCUT2D eigenvalue weighted by Gasteiger charge is 2.33. The maximum Gasteiger partial charge on any atom is 0.275 e. The van der Waals surface area contributed by atoms with Gasteiger partial charge in [-0.3, -0.25) is 9.78 Å². The van der Waals surface area contributed by atoms with Crippen molar-refractivity contribution in [3.05, 3.63) is 132 Å². The van der Waals surface area contributed by atoms with E-state index in [9.17, 15) is 9.90 Å². The molecule has 3 atom stereocenters. The van der Waals surface area contributed by atoms with E-state index in [1.165, 1.54) is 6.20 Å². The molecule has 9 nitrogen and oxygen atoms in total. The van der Waals surface area contributed by atoms with Gasteiger partial charge >= 0.3 is 0 Å². The quantitative estimate of drug-likeness (QED) is 0.243. The lowest BCUT2D eigenvalue weighted by molar-refractivity contribution is -0.252. The van der Waals surface area contributed by atoms with E-state index in [1.807, 2.05) is 97.3 Å². The highest BCUT2D eigenvalue weighted by molar-refractivity contribution is 6.03. The highest BCUT2D eigenvalue weighted by Crippen LogP contribution is 2.39. The monoisotopic (exact) mass is 571 g/mol. The molecular formula is C34H29N5O4.